The fourth-order valence-corrected chi connectivity index (χ4v) is 2.02. The third kappa shape index (κ3) is 3.33. The van der Waals surface area contributed by atoms with E-state index in [2.05, 4.69) is 33.2 Å². The molecule has 1 aromatic rings. The molecule has 2 rings (SSSR count). The number of hydrogen-bond acceptors (Lipinski definition) is 3. The Hall–Kier alpha value is -0.840. The third-order valence-electron chi connectivity index (χ3n) is 2.97. The molecule has 90 valence electrons. The van der Waals surface area contributed by atoms with Gasteiger partial charge in [0.15, 0.2) is 0 Å². The summed E-state index contributed by atoms with van der Waals surface area (Å²) in [6.07, 6.45) is 4.38. The highest BCUT2D eigenvalue weighted by Crippen LogP contribution is 2.02. The maximum Gasteiger partial charge on any atom is 0.0594 e. The molecule has 1 aliphatic heterocycles. The van der Waals surface area contributed by atoms with E-state index in [-0.39, 0.29) is 0 Å². The van der Waals surface area contributed by atoms with E-state index < -0.39 is 0 Å². The Morgan fingerprint density at radius 1 is 1.31 bits per heavy atom. The lowest BCUT2D eigenvalue weighted by molar-refractivity contribution is 0.0364. The van der Waals surface area contributed by atoms with E-state index in [0.29, 0.717) is 0 Å². The molecule has 1 aliphatic rings. The molecule has 0 spiro atoms. The van der Waals surface area contributed by atoms with Gasteiger partial charge in [0.2, 0.25) is 0 Å². The van der Waals surface area contributed by atoms with Crippen molar-refractivity contribution in [3.05, 3.63) is 24.0 Å². The SMILES string of the molecule is CNCc1ccn(CCN2CCOCC2)c1. The van der Waals surface area contributed by atoms with Gasteiger partial charge in [-0.05, 0) is 18.7 Å². The molecule has 0 atom stereocenters. The zero-order chi connectivity index (χ0) is 11.2. The Bertz CT molecular complexity index is 305. The normalized spacial score (nSPS) is 17.8. The fourth-order valence-electron chi connectivity index (χ4n) is 2.02. The maximum absolute atomic E-state index is 5.33. The summed E-state index contributed by atoms with van der Waals surface area (Å²) in [5.41, 5.74) is 1.35. The smallest absolute Gasteiger partial charge is 0.0594 e. The first-order valence-electron chi connectivity index (χ1n) is 5.98. The van der Waals surface area contributed by atoms with Crippen LogP contribution in [0, 0.1) is 0 Å². The number of nitrogens with one attached hydrogen (secondary N) is 1. The van der Waals surface area contributed by atoms with Crippen molar-refractivity contribution in [2.24, 2.45) is 0 Å². The Balaban J connectivity index is 1.75. The number of morpholine rings is 1. The third-order valence-corrected chi connectivity index (χ3v) is 2.97. The summed E-state index contributed by atoms with van der Waals surface area (Å²) >= 11 is 0. The van der Waals surface area contributed by atoms with E-state index in [4.69, 9.17) is 4.74 Å². The number of rotatable bonds is 5. The summed E-state index contributed by atoms with van der Waals surface area (Å²) < 4.78 is 7.60. The van der Waals surface area contributed by atoms with Crippen molar-refractivity contribution in [1.29, 1.82) is 0 Å². The van der Waals surface area contributed by atoms with Crippen LogP contribution in [0.15, 0.2) is 18.5 Å². The van der Waals surface area contributed by atoms with Gasteiger partial charge >= 0.3 is 0 Å². The number of aromatic nitrogens is 1. The standard InChI is InChI=1S/C12H21N3O/c1-13-10-12-2-3-15(11-12)5-4-14-6-8-16-9-7-14/h2-3,11,13H,4-10H2,1H3. The number of nitrogens with zero attached hydrogens (tertiary/aromatic N) is 2. The zero-order valence-corrected chi connectivity index (χ0v) is 9.98. The molecule has 0 aliphatic carbocycles. The van der Waals surface area contributed by atoms with Gasteiger partial charge in [-0.3, -0.25) is 4.90 Å². The zero-order valence-electron chi connectivity index (χ0n) is 9.98. The van der Waals surface area contributed by atoms with E-state index >= 15 is 0 Å². The van der Waals surface area contributed by atoms with E-state index in [1.165, 1.54) is 5.56 Å². The van der Waals surface area contributed by atoms with Crippen molar-refractivity contribution >= 4 is 0 Å². The minimum atomic E-state index is 0.886. The van der Waals surface area contributed by atoms with Crippen LogP contribution >= 0.6 is 0 Å². The molecule has 1 N–H and O–H groups in total. The van der Waals surface area contributed by atoms with E-state index in [9.17, 15) is 0 Å². The summed E-state index contributed by atoms with van der Waals surface area (Å²) in [4.78, 5) is 2.46. The summed E-state index contributed by atoms with van der Waals surface area (Å²) in [5, 5.41) is 3.16. The highest BCUT2D eigenvalue weighted by molar-refractivity contribution is 5.09. The molecule has 4 nitrogen and oxygen atoms in total. The number of hydrogen-bond donors (Lipinski definition) is 1. The molecule has 0 amide bonds. The largest absolute Gasteiger partial charge is 0.379 e. The van der Waals surface area contributed by atoms with Gasteiger partial charge in [-0.25, -0.2) is 0 Å². The van der Waals surface area contributed by atoms with Gasteiger partial charge < -0.3 is 14.6 Å². The van der Waals surface area contributed by atoms with Crippen LogP contribution in [0.3, 0.4) is 0 Å². The lowest BCUT2D eigenvalue weighted by Gasteiger charge is -2.26. The minimum absolute atomic E-state index is 0.886. The van der Waals surface area contributed by atoms with Gasteiger partial charge in [-0.1, -0.05) is 0 Å². The molecule has 1 aromatic heterocycles. The first kappa shape index (κ1) is 11.6. The Labute approximate surface area is 97.2 Å². The second kappa shape index (κ2) is 6.03. The van der Waals surface area contributed by atoms with E-state index in [1.54, 1.807) is 0 Å². The van der Waals surface area contributed by atoms with Gasteiger partial charge in [0.25, 0.3) is 0 Å². The predicted octanol–water partition coefficient (Wildman–Crippen LogP) is 0.540. The lowest BCUT2D eigenvalue weighted by atomic mass is 10.3. The van der Waals surface area contributed by atoms with Crippen LogP contribution in [0.4, 0.5) is 0 Å². The average molecular weight is 223 g/mol. The van der Waals surface area contributed by atoms with Crippen LogP contribution < -0.4 is 5.32 Å². The fraction of sp³-hybridized carbons (Fsp3) is 0.667. The second-order valence-electron chi connectivity index (χ2n) is 4.24. The van der Waals surface area contributed by atoms with Crippen LogP contribution in [0.5, 0.6) is 0 Å². The van der Waals surface area contributed by atoms with Gasteiger partial charge in [-0.15, -0.1) is 0 Å². The van der Waals surface area contributed by atoms with E-state index in [0.717, 1.165) is 45.9 Å². The van der Waals surface area contributed by atoms with Crippen LogP contribution in [-0.4, -0.2) is 49.4 Å². The van der Waals surface area contributed by atoms with Crippen LogP contribution in [0.1, 0.15) is 5.56 Å². The lowest BCUT2D eigenvalue weighted by Crippen LogP contribution is -2.38. The summed E-state index contributed by atoms with van der Waals surface area (Å²) in [5.74, 6) is 0. The van der Waals surface area contributed by atoms with Crippen molar-refractivity contribution < 1.29 is 4.74 Å². The van der Waals surface area contributed by atoms with Crippen LogP contribution in [-0.2, 0) is 17.8 Å². The molecular weight excluding hydrogens is 202 g/mol. The molecule has 16 heavy (non-hydrogen) atoms. The first-order valence-corrected chi connectivity index (χ1v) is 5.98. The van der Waals surface area contributed by atoms with Gasteiger partial charge in [0.05, 0.1) is 13.2 Å². The van der Waals surface area contributed by atoms with Crippen molar-refractivity contribution in [2.75, 3.05) is 39.9 Å². The first-order chi connectivity index (χ1) is 7.88. The highest BCUT2D eigenvalue weighted by atomic mass is 16.5. The molecule has 0 saturated carbocycles. The molecule has 0 bridgehead atoms. The van der Waals surface area contributed by atoms with Gasteiger partial charge in [0, 0.05) is 45.1 Å². The van der Waals surface area contributed by atoms with Crippen LogP contribution in [0.25, 0.3) is 0 Å². The summed E-state index contributed by atoms with van der Waals surface area (Å²) in [6, 6.07) is 2.18. The van der Waals surface area contributed by atoms with Crippen molar-refractivity contribution in [3.63, 3.8) is 0 Å². The van der Waals surface area contributed by atoms with Crippen molar-refractivity contribution in [3.8, 4) is 0 Å². The summed E-state index contributed by atoms with van der Waals surface area (Å²) in [7, 11) is 1.98. The molecule has 4 heteroatoms. The van der Waals surface area contributed by atoms with Gasteiger partial charge in [-0.2, -0.15) is 0 Å². The molecule has 2 heterocycles. The molecular formula is C12H21N3O. The minimum Gasteiger partial charge on any atom is -0.379 e. The number of ether oxygens (including phenoxy) is 1. The molecule has 0 aromatic carbocycles. The highest BCUT2D eigenvalue weighted by Gasteiger charge is 2.09. The molecule has 1 saturated heterocycles. The molecule has 0 unspecified atom stereocenters. The monoisotopic (exact) mass is 223 g/mol. The Morgan fingerprint density at radius 2 is 2.12 bits per heavy atom. The maximum atomic E-state index is 5.33. The van der Waals surface area contributed by atoms with Crippen LogP contribution in [0.2, 0.25) is 0 Å². The van der Waals surface area contributed by atoms with Crippen molar-refractivity contribution in [1.82, 2.24) is 14.8 Å². The van der Waals surface area contributed by atoms with Gasteiger partial charge in [0.1, 0.15) is 0 Å². The Morgan fingerprint density at radius 3 is 2.88 bits per heavy atom. The Kier molecular flexibility index (Phi) is 4.39. The molecule has 1 fully saturated rings. The van der Waals surface area contributed by atoms with Crippen molar-refractivity contribution in [2.45, 2.75) is 13.1 Å². The second-order valence-corrected chi connectivity index (χ2v) is 4.24. The quantitative estimate of drug-likeness (QED) is 0.790. The average Bonchev–Trinajstić information content (AvgIpc) is 2.76. The topological polar surface area (TPSA) is 29.4 Å². The van der Waals surface area contributed by atoms with E-state index in [1.807, 2.05) is 7.05 Å². The molecule has 0 radical (unpaired) electrons. The summed E-state index contributed by atoms with van der Waals surface area (Å²) in [6.45, 7) is 7.06. The predicted molar refractivity (Wildman–Crippen MR) is 64.5 cm³/mol.